The number of carbonyl (C=O) groups is 1. The lowest BCUT2D eigenvalue weighted by molar-refractivity contribution is -0.388. The van der Waals surface area contributed by atoms with Gasteiger partial charge in [-0.05, 0) is 19.8 Å². The fourth-order valence-corrected chi connectivity index (χ4v) is 2.01. The van der Waals surface area contributed by atoms with Crippen molar-refractivity contribution in [2.45, 2.75) is 25.8 Å². The second kappa shape index (κ2) is 6.91. The fraction of sp³-hybridized carbons (Fsp3) is 0.333. The van der Waals surface area contributed by atoms with Gasteiger partial charge in [-0.1, -0.05) is 0 Å². The molecule has 0 radical (unpaired) electrons. The van der Waals surface area contributed by atoms with E-state index in [4.69, 9.17) is 0 Å². The summed E-state index contributed by atoms with van der Waals surface area (Å²) in [7, 11) is 0.960. The van der Waals surface area contributed by atoms with Gasteiger partial charge in [-0.3, -0.25) is 15.1 Å². The SMILES string of the molecule is COC(=O)C(C=NC1CC1)=C(O)c1c(F)c(C)c(F)c(F)c1[N+](=O)[O-]. The molecule has 10 heteroatoms. The molecule has 7 nitrogen and oxygen atoms in total. The number of hydrogen-bond acceptors (Lipinski definition) is 6. The van der Waals surface area contributed by atoms with E-state index in [-0.39, 0.29) is 6.04 Å². The van der Waals surface area contributed by atoms with E-state index in [9.17, 15) is 33.2 Å². The molecular weight excluding hydrogens is 345 g/mol. The van der Waals surface area contributed by atoms with Crippen LogP contribution in [0.15, 0.2) is 10.6 Å². The number of esters is 1. The average Bonchev–Trinajstić information content (AvgIpc) is 3.39. The smallest absolute Gasteiger partial charge is 0.343 e. The van der Waals surface area contributed by atoms with Gasteiger partial charge in [0.15, 0.2) is 5.82 Å². The van der Waals surface area contributed by atoms with Gasteiger partial charge in [-0.25, -0.2) is 13.6 Å². The summed E-state index contributed by atoms with van der Waals surface area (Å²) in [6, 6.07) is -0.0982. The third-order valence-corrected chi connectivity index (χ3v) is 3.56. The Kier molecular flexibility index (Phi) is 5.10. The average molecular weight is 358 g/mol. The van der Waals surface area contributed by atoms with Crippen LogP contribution < -0.4 is 0 Å². The number of methoxy groups -OCH3 is 1. The molecule has 1 saturated carbocycles. The Morgan fingerprint density at radius 3 is 2.40 bits per heavy atom. The molecular formula is C15H13F3N2O5. The van der Waals surface area contributed by atoms with Crippen LogP contribution in [0, 0.1) is 34.5 Å². The van der Waals surface area contributed by atoms with E-state index >= 15 is 0 Å². The first-order valence-corrected chi connectivity index (χ1v) is 7.07. The normalized spacial score (nSPS) is 15.2. The van der Waals surface area contributed by atoms with E-state index < -0.39 is 56.5 Å². The number of nitro groups is 1. The van der Waals surface area contributed by atoms with Crippen LogP contribution in [-0.4, -0.2) is 35.4 Å². The number of nitrogens with zero attached hydrogens (tertiary/aromatic N) is 2. The van der Waals surface area contributed by atoms with Gasteiger partial charge in [0.1, 0.15) is 22.7 Å². The first-order chi connectivity index (χ1) is 11.7. The summed E-state index contributed by atoms with van der Waals surface area (Å²) in [6.45, 7) is 0.838. The Morgan fingerprint density at radius 1 is 1.32 bits per heavy atom. The maximum absolute atomic E-state index is 14.4. The summed E-state index contributed by atoms with van der Waals surface area (Å²) in [5.74, 6) is -7.70. The van der Waals surface area contributed by atoms with Crippen LogP contribution in [0.4, 0.5) is 18.9 Å². The van der Waals surface area contributed by atoms with Crippen molar-refractivity contribution in [3.63, 3.8) is 0 Å². The molecule has 1 N–H and O–H groups in total. The molecule has 1 aliphatic carbocycles. The van der Waals surface area contributed by atoms with E-state index in [2.05, 4.69) is 9.73 Å². The van der Waals surface area contributed by atoms with Crippen molar-refractivity contribution in [3.05, 3.63) is 44.3 Å². The summed E-state index contributed by atoms with van der Waals surface area (Å²) >= 11 is 0. The fourth-order valence-electron chi connectivity index (χ4n) is 2.01. The van der Waals surface area contributed by atoms with Gasteiger partial charge in [0, 0.05) is 11.8 Å². The van der Waals surface area contributed by atoms with Gasteiger partial charge in [-0.2, -0.15) is 4.39 Å². The summed E-state index contributed by atoms with van der Waals surface area (Å²) in [5.41, 5.74) is -4.46. The standard InChI is InChI=1S/C15H13F3N2O5/c1-6-10(16)9(13(20(23)24)12(18)11(6)17)14(21)8(15(22)25-2)5-19-7-3-4-7/h5,7,21H,3-4H2,1-2H3. The number of benzene rings is 1. The Morgan fingerprint density at radius 2 is 1.92 bits per heavy atom. The highest BCUT2D eigenvalue weighted by atomic mass is 19.2. The highest BCUT2D eigenvalue weighted by Gasteiger charge is 2.35. The Hall–Kier alpha value is -2.91. The number of carbonyl (C=O) groups excluding carboxylic acids is 1. The predicted molar refractivity (Wildman–Crippen MR) is 80.8 cm³/mol. The number of rotatable bonds is 5. The second-order valence-corrected chi connectivity index (χ2v) is 5.31. The summed E-state index contributed by atoms with van der Waals surface area (Å²) < 4.78 is 46.3. The molecule has 0 aromatic heterocycles. The minimum atomic E-state index is -1.95. The van der Waals surface area contributed by atoms with Crippen molar-refractivity contribution in [2.24, 2.45) is 4.99 Å². The van der Waals surface area contributed by atoms with E-state index in [1.54, 1.807) is 0 Å². The molecule has 0 heterocycles. The Bertz CT molecular complexity index is 816. The van der Waals surface area contributed by atoms with E-state index in [1.807, 2.05) is 0 Å². The first kappa shape index (κ1) is 18.4. The quantitative estimate of drug-likeness (QED) is 0.166. The molecule has 0 bridgehead atoms. The third-order valence-electron chi connectivity index (χ3n) is 3.56. The minimum Gasteiger partial charge on any atom is -0.506 e. The Balaban J connectivity index is 2.79. The molecule has 1 aromatic rings. The van der Waals surface area contributed by atoms with Crippen LogP contribution in [0.5, 0.6) is 0 Å². The lowest BCUT2D eigenvalue weighted by Crippen LogP contribution is -2.13. The van der Waals surface area contributed by atoms with Crippen LogP contribution in [-0.2, 0) is 9.53 Å². The molecule has 25 heavy (non-hydrogen) atoms. The maximum Gasteiger partial charge on any atom is 0.343 e. The lowest BCUT2D eigenvalue weighted by Gasteiger charge is -2.10. The van der Waals surface area contributed by atoms with Crippen molar-refractivity contribution < 1.29 is 32.7 Å². The number of ether oxygens (including phenoxy) is 1. The topological polar surface area (TPSA) is 102 Å². The monoisotopic (exact) mass is 358 g/mol. The van der Waals surface area contributed by atoms with Gasteiger partial charge in [0.25, 0.3) is 0 Å². The van der Waals surface area contributed by atoms with Gasteiger partial charge in [0.05, 0.1) is 18.1 Å². The molecule has 0 unspecified atom stereocenters. The van der Waals surface area contributed by atoms with Crippen molar-refractivity contribution in [2.75, 3.05) is 7.11 Å². The van der Waals surface area contributed by atoms with E-state index in [0.29, 0.717) is 0 Å². The summed E-state index contributed by atoms with van der Waals surface area (Å²) in [6.07, 6.45) is 2.35. The van der Waals surface area contributed by atoms with Crippen LogP contribution >= 0.6 is 0 Å². The van der Waals surface area contributed by atoms with Crippen LogP contribution in [0.1, 0.15) is 24.0 Å². The number of nitro benzene ring substituents is 1. The molecule has 0 aliphatic heterocycles. The lowest BCUT2D eigenvalue weighted by atomic mass is 10.0. The van der Waals surface area contributed by atoms with Gasteiger partial charge >= 0.3 is 11.7 Å². The maximum atomic E-state index is 14.4. The number of aliphatic hydroxyl groups excluding tert-OH is 1. The van der Waals surface area contributed by atoms with Gasteiger partial charge in [-0.15, -0.1) is 0 Å². The van der Waals surface area contributed by atoms with Crippen molar-refractivity contribution in [1.29, 1.82) is 0 Å². The summed E-state index contributed by atoms with van der Waals surface area (Å²) in [4.78, 5) is 25.4. The van der Waals surface area contributed by atoms with E-state index in [1.165, 1.54) is 0 Å². The zero-order valence-corrected chi connectivity index (χ0v) is 13.2. The zero-order valence-electron chi connectivity index (χ0n) is 13.2. The van der Waals surface area contributed by atoms with E-state index in [0.717, 1.165) is 33.1 Å². The minimum absolute atomic E-state index is 0.0982. The molecule has 1 fully saturated rings. The zero-order chi connectivity index (χ0) is 18.9. The molecule has 0 spiro atoms. The summed E-state index contributed by atoms with van der Waals surface area (Å²) in [5, 5.41) is 21.3. The molecule has 0 atom stereocenters. The number of halogens is 3. The molecule has 1 aliphatic rings. The highest BCUT2D eigenvalue weighted by molar-refractivity contribution is 6.15. The van der Waals surface area contributed by atoms with Gasteiger partial charge < -0.3 is 9.84 Å². The van der Waals surface area contributed by atoms with Gasteiger partial charge in [0.2, 0.25) is 5.82 Å². The van der Waals surface area contributed by atoms with Crippen molar-refractivity contribution in [3.8, 4) is 0 Å². The molecule has 0 amide bonds. The van der Waals surface area contributed by atoms with Crippen LogP contribution in [0.3, 0.4) is 0 Å². The number of aliphatic imine (C=N–C) groups is 1. The number of hydrogen-bond donors (Lipinski definition) is 1. The largest absolute Gasteiger partial charge is 0.506 e. The van der Waals surface area contributed by atoms with Crippen LogP contribution in [0.25, 0.3) is 5.76 Å². The van der Waals surface area contributed by atoms with Crippen LogP contribution in [0.2, 0.25) is 0 Å². The Labute approximate surface area is 139 Å². The highest BCUT2D eigenvalue weighted by Crippen LogP contribution is 2.35. The molecule has 134 valence electrons. The molecule has 2 rings (SSSR count). The third kappa shape index (κ3) is 3.47. The van der Waals surface area contributed by atoms with Crippen molar-refractivity contribution >= 4 is 23.6 Å². The van der Waals surface area contributed by atoms with Crippen molar-refractivity contribution in [1.82, 2.24) is 0 Å². The first-order valence-electron chi connectivity index (χ1n) is 7.07. The number of aliphatic hydroxyl groups is 1. The molecule has 0 saturated heterocycles. The predicted octanol–water partition coefficient (Wildman–Crippen LogP) is 3.00. The second-order valence-electron chi connectivity index (χ2n) is 5.31. The molecule has 1 aromatic carbocycles.